The van der Waals surface area contributed by atoms with Crippen molar-refractivity contribution in [3.63, 3.8) is 0 Å². The van der Waals surface area contributed by atoms with Crippen LogP contribution in [-0.2, 0) is 22.2 Å². The number of ether oxygens (including phenoxy) is 1. The van der Waals surface area contributed by atoms with Crippen LogP contribution in [0.4, 0.5) is 24.5 Å². The van der Waals surface area contributed by atoms with E-state index in [-0.39, 0.29) is 24.2 Å². The molecule has 2 aliphatic rings. The van der Waals surface area contributed by atoms with Gasteiger partial charge in [-0.2, -0.15) is 13.2 Å². The number of anilines is 2. The molecular formula is C22H21F3N2O3. The van der Waals surface area contributed by atoms with E-state index in [9.17, 15) is 22.8 Å². The third-order valence-corrected chi connectivity index (χ3v) is 5.54. The number of alkyl halides is 3. The number of esters is 1. The lowest BCUT2D eigenvalue weighted by molar-refractivity contribution is -0.137. The Kier molecular flexibility index (Phi) is 5.40. The van der Waals surface area contributed by atoms with Crippen molar-refractivity contribution < 1.29 is 27.5 Å². The zero-order valence-electron chi connectivity index (χ0n) is 16.2. The number of amides is 1. The van der Waals surface area contributed by atoms with Gasteiger partial charge in [0.25, 0.3) is 0 Å². The van der Waals surface area contributed by atoms with Gasteiger partial charge in [-0.15, -0.1) is 0 Å². The van der Waals surface area contributed by atoms with E-state index in [1.165, 1.54) is 12.1 Å². The van der Waals surface area contributed by atoms with Gasteiger partial charge in [0.1, 0.15) is 5.75 Å². The SMILES string of the molecule is O=C(CC1CCN(c2cccc(C(F)(F)F)c2)CC1)Nc1ccc2c(c1)OC(=O)C2. The van der Waals surface area contributed by atoms with Crippen LogP contribution in [-0.4, -0.2) is 25.0 Å². The monoisotopic (exact) mass is 418 g/mol. The number of carbonyl (C=O) groups is 2. The smallest absolute Gasteiger partial charge is 0.416 e. The number of piperidine rings is 1. The summed E-state index contributed by atoms with van der Waals surface area (Å²) in [4.78, 5) is 25.6. The predicted octanol–water partition coefficient (Wildman–Crippen LogP) is 4.41. The van der Waals surface area contributed by atoms with Gasteiger partial charge in [0, 0.05) is 42.5 Å². The summed E-state index contributed by atoms with van der Waals surface area (Å²) < 4.78 is 43.9. The zero-order valence-corrected chi connectivity index (χ0v) is 16.2. The molecule has 2 heterocycles. The van der Waals surface area contributed by atoms with E-state index in [0.717, 1.165) is 24.5 Å². The molecule has 2 aliphatic heterocycles. The zero-order chi connectivity index (χ0) is 21.3. The Morgan fingerprint density at radius 1 is 1.13 bits per heavy atom. The van der Waals surface area contributed by atoms with Crippen LogP contribution in [0.5, 0.6) is 5.75 Å². The predicted molar refractivity (Wildman–Crippen MR) is 105 cm³/mol. The first-order valence-corrected chi connectivity index (χ1v) is 9.83. The van der Waals surface area contributed by atoms with Crippen LogP contribution in [0, 0.1) is 5.92 Å². The van der Waals surface area contributed by atoms with Gasteiger partial charge in [-0.25, -0.2) is 0 Å². The van der Waals surface area contributed by atoms with E-state index in [1.54, 1.807) is 24.3 Å². The topological polar surface area (TPSA) is 58.6 Å². The van der Waals surface area contributed by atoms with Crippen LogP contribution in [0.25, 0.3) is 0 Å². The van der Waals surface area contributed by atoms with Gasteiger partial charge in [-0.3, -0.25) is 9.59 Å². The van der Waals surface area contributed by atoms with Crippen molar-refractivity contribution in [1.29, 1.82) is 0 Å². The van der Waals surface area contributed by atoms with Crippen LogP contribution >= 0.6 is 0 Å². The van der Waals surface area contributed by atoms with Crippen molar-refractivity contribution in [3.05, 3.63) is 53.6 Å². The molecular weight excluding hydrogens is 397 g/mol. The molecule has 2 aromatic rings. The summed E-state index contributed by atoms with van der Waals surface area (Å²) in [7, 11) is 0. The average molecular weight is 418 g/mol. The van der Waals surface area contributed by atoms with Crippen molar-refractivity contribution in [2.75, 3.05) is 23.3 Å². The molecule has 1 amide bonds. The summed E-state index contributed by atoms with van der Waals surface area (Å²) in [6.07, 6.45) is -2.32. The van der Waals surface area contributed by atoms with Crippen molar-refractivity contribution in [3.8, 4) is 5.75 Å². The number of nitrogens with one attached hydrogen (secondary N) is 1. The Bertz CT molecular complexity index is 966. The van der Waals surface area contributed by atoms with E-state index in [2.05, 4.69) is 5.32 Å². The number of nitrogens with zero attached hydrogens (tertiary/aromatic N) is 1. The van der Waals surface area contributed by atoms with Gasteiger partial charge in [0.2, 0.25) is 5.91 Å². The first kappa shape index (κ1) is 20.3. The van der Waals surface area contributed by atoms with Gasteiger partial charge in [-0.05, 0) is 43.0 Å². The molecule has 5 nitrogen and oxygen atoms in total. The third-order valence-electron chi connectivity index (χ3n) is 5.54. The van der Waals surface area contributed by atoms with Crippen molar-refractivity contribution >= 4 is 23.3 Å². The molecule has 4 rings (SSSR count). The molecule has 1 saturated heterocycles. The molecule has 8 heteroatoms. The van der Waals surface area contributed by atoms with Gasteiger partial charge in [0.15, 0.2) is 0 Å². The molecule has 1 N–H and O–H groups in total. The third kappa shape index (κ3) is 4.58. The van der Waals surface area contributed by atoms with E-state index in [4.69, 9.17) is 4.74 Å². The molecule has 0 aliphatic carbocycles. The second-order valence-electron chi connectivity index (χ2n) is 7.70. The van der Waals surface area contributed by atoms with E-state index in [0.29, 0.717) is 36.6 Å². The minimum Gasteiger partial charge on any atom is -0.426 e. The maximum Gasteiger partial charge on any atom is 0.416 e. The lowest BCUT2D eigenvalue weighted by Crippen LogP contribution is -2.35. The summed E-state index contributed by atoms with van der Waals surface area (Å²) >= 11 is 0. The first-order valence-electron chi connectivity index (χ1n) is 9.83. The number of carbonyl (C=O) groups excluding carboxylic acids is 2. The van der Waals surface area contributed by atoms with Crippen LogP contribution in [0.2, 0.25) is 0 Å². The van der Waals surface area contributed by atoms with Crippen LogP contribution in [0.3, 0.4) is 0 Å². The molecule has 1 fully saturated rings. The molecule has 0 unspecified atom stereocenters. The largest absolute Gasteiger partial charge is 0.426 e. The number of hydrogen-bond acceptors (Lipinski definition) is 4. The minimum absolute atomic E-state index is 0.128. The van der Waals surface area contributed by atoms with E-state index >= 15 is 0 Å². The van der Waals surface area contributed by atoms with Gasteiger partial charge in [-0.1, -0.05) is 12.1 Å². The fourth-order valence-corrected chi connectivity index (χ4v) is 3.94. The number of benzene rings is 2. The highest BCUT2D eigenvalue weighted by Gasteiger charge is 2.31. The number of fused-ring (bicyclic) bond motifs is 1. The van der Waals surface area contributed by atoms with Gasteiger partial charge >= 0.3 is 12.1 Å². The standard InChI is InChI=1S/C22H21F3N2O3/c23-22(24,25)16-2-1-3-18(12-16)27-8-6-14(7-9-27)10-20(28)26-17-5-4-15-11-21(29)30-19(15)13-17/h1-5,12-14H,6-11H2,(H,26,28). The maximum atomic E-state index is 12.9. The number of rotatable bonds is 4. The normalized spacial score (nSPS) is 16.9. The molecule has 0 spiro atoms. The van der Waals surface area contributed by atoms with Crippen molar-refractivity contribution in [2.45, 2.75) is 31.9 Å². The van der Waals surface area contributed by atoms with Crippen LogP contribution < -0.4 is 15.0 Å². The molecule has 30 heavy (non-hydrogen) atoms. The Hall–Kier alpha value is -3.03. The fraction of sp³-hybridized carbons (Fsp3) is 0.364. The Morgan fingerprint density at radius 3 is 2.63 bits per heavy atom. The van der Waals surface area contributed by atoms with Gasteiger partial charge < -0.3 is 15.0 Å². The molecule has 0 radical (unpaired) electrons. The first-order chi connectivity index (χ1) is 14.3. The molecule has 0 bridgehead atoms. The quantitative estimate of drug-likeness (QED) is 0.590. The maximum absolute atomic E-state index is 12.9. The second-order valence-corrected chi connectivity index (χ2v) is 7.70. The fourth-order valence-electron chi connectivity index (χ4n) is 3.94. The Morgan fingerprint density at radius 2 is 1.90 bits per heavy atom. The lowest BCUT2D eigenvalue weighted by Gasteiger charge is -2.33. The summed E-state index contributed by atoms with van der Waals surface area (Å²) in [5, 5.41) is 2.83. The molecule has 158 valence electrons. The molecule has 2 aromatic carbocycles. The van der Waals surface area contributed by atoms with Crippen LogP contribution in [0.1, 0.15) is 30.4 Å². The minimum atomic E-state index is -4.36. The summed E-state index contributed by atoms with van der Waals surface area (Å²) in [5.41, 5.74) is 1.29. The number of halogens is 3. The highest BCUT2D eigenvalue weighted by Crippen LogP contribution is 2.33. The molecule has 0 aromatic heterocycles. The highest BCUT2D eigenvalue weighted by molar-refractivity contribution is 5.92. The van der Waals surface area contributed by atoms with Crippen molar-refractivity contribution in [1.82, 2.24) is 0 Å². The molecule has 0 saturated carbocycles. The van der Waals surface area contributed by atoms with E-state index in [1.807, 2.05) is 4.90 Å². The average Bonchev–Trinajstić information content (AvgIpc) is 3.07. The van der Waals surface area contributed by atoms with Crippen molar-refractivity contribution in [2.24, 2.45) is 5.92 Å². The molecule has 0 atom stereocenters. The number of hydrogen-bond donors (Lipinski definition) is 1. The Balaban J connectivity index is 1.29. The van der Waals surface area contributed by atoms with E-state index < -0.39 is 11.7 Å². The highest BCUT2D eigenvalue weighted by atomic mass is 19.4. The van der Waals surface area contributed by atoms with Gasteiger partial charge in [0.05, 0.1) is 12.0 Å². The second kappa shape index (κ2) is 8.01. The summed E-state index contributed by atoms with van der Waals surface area (Å²) in [6.45, 7) is 1.21. The summed E-state index contributed by atoms with van der Waals surface area (Å²) in [6, 6.07) is 10.5. The lowest BCUT2D eigenvalue weighted by atomic mass is 9.92. The Labute approximate surface area is 171 Å². The summed E-state index contributed by atoms with van der Waals surface area (Å²) in [5.74, 6) is 0.212. The van der Waals surface area contributed by atoms with Crippen LogP contribution in [0.15, 0.2) is 42.5 Å².